The van der Waals surface area contributed by atoms with Crippen LogP contribution in [0.15, 0.2) is 21.9 Å². The fourth-order valence-electron chi connectivity index (χ4n) is 2.81. The number of ether oxygens (including phenoxy) is 2. The second-order valence-electron chi connectivity index (χ2n) is 8.54. The number of rotatable bonds is 9. The van der Waals surface area contributed by atoms with Crippen molar-refractivity contribution in [3.8, 4) is 17.5 Å². The second kappa shape index (κ2) is 10.2. The predicted octanol–water partition coefficient (Wildman–Crippen LogP) is 5.04. The van der Waals surface area contributed by atoms with E-state index in [0.717, 1.165) is 28.6 Å². The molecule has 0 saturated carbocycles. The van der Waals surface area contributed by atoms with E-state index in [1.165, 1.54) is 0 Å². The van der Waals surface area contributed by atoms with Crippen LogP contribution in [0.3, 0.4) is 0 Å². The zero-order chi connectivity index (χ0) is 22.5. The quantitative estimate of drug-likeness (QED) is 0.161. The summed E-state index contributed by atoms with van der Waals surface area (Å²) in [7, 11) is 2.62. The van der Waals surface area contributed by atoms with E-state index >= 15 is 0 Å². The molecule has 0 bridgehead atoms. The molecule has 7 nitrogen and oxygen atoms in total. The Kier molecular flexibility index (Phi) is 8.23. The van der Waals surface area contributed by atoms with Crippen LogP contribution in [0.2, 0.25) is 25.7 Å². The van der Waals surface area contributed by atoms with Crippen LogP contribution in [0.5, 0.6) is 5.75 Å². The van der Waals surface area contributed by atoms with Gasteiger partial charge in [-0.05, 0) is 47.5 Å². The van der Waals surface area contributed by atoms with Crippen molar-refractivity contribution in [2.45, 2.75) is 39.5 Å². The summed E-state index contributed by atoms with van der Waals surface area (Å²) in [5.74, 6) is 1.19. The Bertz CT molecular complexity index is 958. The van der Waals surface area contributed by atoms with Crippen LogP contribution >= 0.6 is 15.9 Å². The minimum absolute atomic E-state index is 0.202. The maximum absolute atomic E-state index is 9.51. The molecule has 0 amide bonds. The highest BCUT2D eigenvalue weighted by Crippen LogP contribution is 2.35. The summed E-state index contributed by atoms with van der Waals surface area (Å²) in [4.78, 5) is 10.6. The standard InChI is InChI=1S/C21H30BrN5O2Si/c1-15-8-9-18(29-14-28-10-11-30(5,6)7)16(2)19(15)27-20(24-13-26(3)4)17(12-23)25-21(27)22/h8-9,13H,10-11,14H2,1-7H3/b24-13+. The van der Waals surface area contributed by atoms with E-state index in [9.17, 15) is 5.26 Å². The van der Waals surface area contributed by atoms with Crippen molar-refractivity contribution in [2.75, 3.05) is 27.5 Å². The van der Waals surface area contributed by atoms with Crippen LogP contribution in [0, 0.1) is 25.2 Å². The fraction of sp³-hybridized carbons (Fsp3) is 0.476. The van der Waals surface area contributed by atoms with E-state index in [2.05, 4.69) is 51.6 Å². The molecule has 1 heterocycles. The predicted molar refractivity (Wildman–Crippen MR) is 127 cm³/mol. The van der Waals surface area contributed by atoms with Crippen LogP contribution in [-0.2, 0) is 4.74 Å². The third-order valence-corrected chi connectivity index (χ3v) is 6.67. The summed E-state index contributed by atoms with van der Waals surface area (Å²) in [6.07, 6.45) is 1.65. The van der Waals surface area contributed by atoms with Crippen LogP contribution in [0.25, 0.3) is 5.69 Å². The van der Waals surface area contributed by atoms with Gasteiger partial charge in [0.2, 0.25) is 0 Å². The zero-order valence-corrected chi connectivity index (χ0v) is 21.4. The fourth-order valence-corrected chi connectivity index (χ4v) is 4.09. The zero-order valence-electron chi connectivity index (χ0n) is 18.8. The first-order chi connectivity index (χ1) is 14.0. The lowest BCUT2D eigenvalue weighted by molar-refractivity contribution is 0.0216. The summed E-state index contributed by atoms with van der Waals surface area (Å²) < 4.78 is 14.0. The Morgan fingerprint density at radius 1 is 1.30 bits per heavy atom. The first-order valence-electron chi connectivity index (χ1n) is 9.75. The normalized spacial score (nSPS) is 11.7. The minimum Gasteiger partial charge on any atom is -0.467 e. The van der Waals surface area contributed by atoms with Crippen molar-refractivity contribution in [3.05, 3.63) is 33.7 Å². The largest absolute Gasteiger partial charge is 0.467 e. The van der Waals surface area contributed by atoms with Gasteiger partial charge in [-0.25, -0.2) is 9.98 Å². The third-order valence-electron chi connectivity index (χ3n) is 4.43. The minimum atomic E-state index is -1.13. The Balaban J connectivity index is 2.36. The molecular formula is C21H30BrN5O2Si. The number of imidazole rings is 1. The lowest BCUT2D eigenvalue weighted by Gasteiger charge is -2.18. The van der Waals surface area contributed by atoms with Crippen molar-refractivity contribution in [1.29, 1.82) is 5.26 Å². The van der Waals surface area contributed by atoms with Crippen LogP contribution in [-0.4, -0.2) is 56.4 Å². The molecule has 0 atom stereocenters. The van der Waals surface area contributed by atoms with Crippen molar-refractivity contribution < 1.29 is 9.47 Å². The van der Waals surface area contributed by atoms with E-state index < -0.39 is 8.07 Å². The van der Waals surface area contributed by atoms with Crippen LogP contribution in [0.1, 0.15) is 16.8 Å². The van der Waals surface area contributed by atoms with Gasteiger partial charge < -0.3 is 14.4 Å². The molecule has 0 unspecified atom stereocenters. The van der Waals surface area contributed by atoms with Crippen LogP contribution in [0.4, 0.5) is 5.82 Å². The van der Waals surface area contributed by atoms with Gasteiger partial charge in [-0.15, -0.1) is 0 Å². The third kappa shape index (κ3) is 6.17. The lowest BCUT2D eigenvalue weighted by atomic mass is 10.1. The average molecular weight is 492 g/mol. The summed E-state index contributed by atoms with van der Waals surface area (Å²) in [5.41, 5.74) is 3.07. The van der Waals surface area contributed by atoms with E-state index in [1.54, 1.807) is 6.34 Å². The van der Waals surface area contributed by atoms with Gasteiger partial charge in [0.05, 0.1) is 12.0 Å². The molecule has 0 fully saturated rings. The highest BCUT2D eigenvalue weighted by atomic mass is 79.9. The molecule has 0 radical (unpaired) electrons. The lowest BCUT2D eigenvalue weighted by Crippen LogP contribution is -2.22. The average Bonchev–Trinajstić information content (AvgIpc) is 2.96. The maximum Gasteiger partial charge on any atom is 0.189 e. The molecule has 0 aliphatic carbocycles. The number of hydrogen-bond acceptors (Lipinski definition) is 5. The number of aryl methyl sites for hydroxylation is 1. The van der Waals surface area contributed by atoms with Gasteiger partial charge in [-0.3, -0.25) is 4.57 Å². The summed E-state index contributed by atoms with van der Waals surface area (Å²) in [6.45, 7) is 11.9. The van der Waals surface area contributed by atoms with Gasteiger partial charge in [0.25, 0.3) is 0 Å². The Morgan fingerprint density at radius 3 is 2.60 bits per heavy atom. The van der Waals surface area contributed by atoms with Gasteiger partial charge in [0.1, 0.15) is 11.8 Å². The SMILES string of the molecule is Cc1ccc(OCOCC[Si](C)(C)C)c(C)c1-n1c(Br)nc(C#N)c1/N=C/N(C)C. The number of nitrogens with zero attached hydrogens (tertiary/aromatic N) is 5. The summed E-state index contributed by atoms with van der Waals surface area (Å²) in [6, 6.07) is 7.14. The second-order valence-corrected chi connectivity index (χ2v) is 14.9. The van der Waals surface area contributed by atoms with E-state index in [-0.39, 0.29) is 12.5 Å². The first-order valence-corrected chi connectivity index (χ1v) is 14.2. The van der Waals surface area contributed by atoms with Gasteiger partial charge in [-0.1, -0.05) is 25.7 Å². The molecule has 30 heavy (non-hydrogen) atoms. The number of hydrogen-bond donors (Lipinski definition) is 0. The van der Waals surface area contributed by atoms with Crippen LogP contribution < -0.4 is 4.74 Å². The molecular weight excluding hydrogens is 462 g/mol. The van der Waals surface area contributed by atoms with Gasteiger partial charge >= 0.3 is 0 Å². The smallest absolute Gasteiger partial charge is 0.189 e. The Morgan fingerprint density at radius 2 is 2.00 bits per heavy atom. The molecule has 1 aromatic carbocycles. The van der Waals surface area contributed by atoms with E-state index in [4.69, 9.17) is 9.47 Å². The molecule has 2 rings (SSSR count). The first kappa shape index (κ1) is 24.1. The van der Waals surface area contributed by atoms with E-state index in [1.807, 2.05) is 49.5 Å². The molecule has 162 valence electrons. The Hall–Kier alpha value is -2.15. The number of halogens is 1. The molecule has 0 N–H and O–H groups in total. The maximum atomic E-state index is 9.51. The number of benzene rings is 1. The van der Waals surface area contributed by atoms with Crippen molar-refractivity contribution >= 4 is 36.2 Å². The van der Waals surface area contributed by atoms with Gasteiger partial charge in [-0.2, -0.15) is 5.26 Å². The number of nitriles is 1. The molecule has 0 aliphatic heterocycles. The topological polar surface area (TPSA) is 75.7 Å². The van der Waals surface area contributed by atoms with Crippen molar-refractivity contribution in [3.63, 3.8) is 0 Å². The summed E-state index contributed by atoms with van der Waals surface area (Å²) in [5, 5.41) is 9.51. The molecule has 0 spiro atoms. The van der Waals surface area contributed by atoms with Crippen molar-refractivity contribution in [2.24, 2.45) is 4.99 Å². The van der Waals surface area contributed by atoms with Gasteiger partial charge in [0.15, 0.2) is 23.0 Å². The van der Waals surface area contributed by atoms with E-state index in [0.29, 0.717) is 17.2 Å². The molecule has 0 saturated heterocycles. The highest BCUT2D eigenvalue weighted by molar-refractivity contribution is 9.10. The number of aliphatic imine (C=N–C) groups is 1. The summed E-state index contributed by atoms with van der Waals surface area (Å²) >= 11 is 3.49. The Labute approximate surface area is 188 Å². The van der Waals surface area contributed by atoms with Crippen molar-refractivity contribution in [1.82, 2.24) is 14.5 Å². The molecule has 9 heteroatoms. The highest BCUT2D eigenvalue weighted by Gasteiger charge is 2.21. The molecule has 2 aromatic rings. The van der Waals surface area contributed by atoms with Gasteiger partial charge in [0, 0.05) is 34.3 Å². The molecule has 0 aliphatic rings. The monoisotopic (exact) mass is 491 g/mol. The number of aromatic nitrogens is 2. The molecule has 1 aromatic heterocycles.